The minimum atomic E-state index is -0.262. The predicted octanol–water partition coefficient (Wildman–Crippen LogP) is 3.11. The first-order valence-corrected chi connectivity index (χ1v) is 10.4. The van der Waals surface area contributed by atoms with Gasteiger partial charge in [-0.05, 0) is 23.8 Å². The number of fused-ring (bicyclic) bond motifs is 3. The maximum absolute atomic E-state index is 13.2. The highest BCUT2D eigenvalue weighted by molar-refractivity contribution is 5.91. The Balaban J connectivity index is 1.31. The van der Waals surface area contributed by atoms with E-state index < -0.39 is 0 Å². The van der Waals surface area contributed by atoms with Crippen LogP contribution in [-0.4, -0.2) is 46.8 Å². The summed E-state index contributed by atoms with van der Waals surface area (Å²) in [6, 6.07) is 15.9. The zero-order chi connectivity index (χ0) is 20.7. The first-order chi connectivity index (χ1) is 14.6. The molecule has 6 heteroatoms. The van der Waals surface area contributed by atoms with Gasteiger partial charge >= 0.3 is 0 Å². The maximum atomic E-state index is 13.2. The highest BCUT2D eigenvalue weighted by Gasteiger charge is 2.37. The number of carbonyl (C=O) groups excluding carboxylic acids is 2. The van der Waals surface area contributed by atoms with E-state index in [9.17, 15) is 9.59 Å². The number of aromatic nitrogens is 1. The molecular formula is C24H25N3O3. The molecule has 3 heterocycles. The molecule has 0 bridgehead atoms. The summed E-state index contributed by atoms with van der Waals surface area (Å²) < 4.78 is 5.37. The summed E-state index contributed by atoms with van der Waals surface area (Å²) in [5.74, 6) is 0.696. The van der Waals surface area contributed by atoms with Crippen molar-refractivity contribution in [1.29, 1.82) is 0 Å². The van der Waals surface area contributed by atoms with E-state index in [0.29, 0.717) is 32.6 Å². The van der Waals surface area contributed by atoms with Gasteiger partial charge in [-0.15, -0.1) is 0 Å². The normalized spacial score (nSPS) is 18.7. The fourth-order valence-electron chi connectivity index (χ4n) is 4.66. The van der Waals surface area contributed by atoms with E-state index in [1.54, 1.807) is 7.11 Å². The summed E-state index contributed by atoms with van der Waals surface area (Å²) in [5, 5.41) is 1.11. The standard InChI is InChI=1S/C24H25N3O3/c1-30-18-7-8-21-19(12-18)20-15-26(10-9-22(20)25-21)24(29)17-11-23(28)27(14-17)13-16-5-3-2-4-6-16/h2-8,12,17,25H,9-11,13-15H2,1H3. The van der Waals surface area contributed by atoms with E-state index in [1.807, 2.05) is 58.3 Å². The van der Waals surface area contributed by atoms with Gasteiger partial charge in [-0.25, -0.2) is 0 Å². The van der Waals surface area contributed by atoms with Crippen LogP contribution < -0.4 is 4.74 Å². The molecule has 30 heavy (non-hydrogen) atoms. The minimum Gasteiger partial charge on any atom is -0.497 e. The molecule has 2 aromatic carbocycles. The lowest BCUT2D eigenvalue weighted by molar-refractivity contribution is -0.136. The number of ether oxygens (including phenoxy) is 1. The lowest BCUT2D eigenvalue weighted by Crippen LogP contribution is -2.40. The molecule has 3 aromatic rings. The first kappa shape index (κ1) is 18.7. The Morgan fingerprint density at radius 3 is 2.83 bits per heavy atom. The second kappa shape index (κ2) is 7.52. The first-order valence-electron chi connectivity index (χ1n) is 10.4. The SMILES string of the molecule is COc1ccc2[nH]c3c(c2c1)CN(C(=O)C1CC(=O)N(Cc2ccccc2)C1)CC3. The summed E-state index contributed by atoms with van der Waals surface area (Å²) in [6.07, 6.45) is 1.10. The van der Waals surface area contributed by atoms with Gasteiger partial charge in [0.2, 0.25) is 11.8 Å². The number of nitrogens with zero attached hydrogens (tertiary/aromatic N) is 2. The maximum Gasteiger partial charge on any atom is 0.228 e. The molecule has 1 aromatic heterocycles. The fourth-order valence-corrected chi connectivity index (χ4v) is 4.66. The van der Waals surface area contributed by atoms with Gasteiger partial charge < -0.3 is 19.5 Å². The van der Waals surface area contributed by atoms with Crippen molar-refractivity contribution in [2.75, 3.05) is 20.2 Å². The van der Waals surface area contributed by atoms with Gasteiger partial charge in [0.05, 0.1) is 13.0 Å². The van der Waals surface area contributed by atoms with Crippen LogP contribution >= 0.6 is 0 Å². The highest BCUT2D eigenvalue weighted by atomic mass is 16.5. The Kier molecular flexibility index (Phi) is 4.69. The zero-order valence-corrected chi connectivity index (χ0v) is 17.1. The molecule has 0 aliphatic carbocycles. The smallest absolute Gasteiger partial charge is 0.228 e. The van der Waals surface area contributed by atoms with Gasteiger partial charge in [-0.2, -0.15) is 0 Å². The van der Waals surface area contributed by atoms with E-state index >= 15 is 0 Å². The Hall–Kier alpha value is -3.28. The van der Waals surface area contributed by atoms with Crippen molar-refractivity contribution < 1.29 is 14.3 Å². The van der Waals surface area contributed by atoms with Crippen molar-refractivity contribution in [2.45, 2.75) is 25.9 Å². The molecule has 2 amide bonds. The van der Waals surface area contributed by atoms with Crippen molar-refractivity contribution in [3.63, 3.8) is 0 Å². The highest BCUT2D eigenvalue weighted by Crippen LogP contribution is 2.32. The van der Waals surface area contributed by atoms with Crippen LogP contribution in [0.2, 0.25) is 0 Å². The van der Waals surface area contributed by atoms with Crippen LogP contribution in [0.15, 0.2) is 48.5 Å². The number of benzene rings is 2. The third-order valence-electron chi connectivity index (χ3n) is 6.27. The summed E-state index contributed by atoms with van der Waals surface area (Å²) in [6.45, 7) is 2.32. The quantitative estimate of drug-likeness (QED) is 0.728. The summed E-state index contributed by atoms with van der Waals surface area (Å²) >= 11 is 0. The van der Waals surface area contributed by atoms with E-state index in [2.05, 4.69) is 4.98 Å². The Morgan fingerprint density at radius 1 is 1.20 bits per heavy atom. The summed E-state index contributed by atoms with van der Waals surface area (Å²) in [7, 11) is 1.66. The van der Waals surface area contributed by atoms with Crippen molar-refractivity contribution in [2.24, 2.45) is 5.92 Å². The molecule has 5 rings (SSSR count). The molecule has 154 valence electrons. The number of carbonyl (C=O) groups is 2. The van der Waals surface area contributed by atoms with Crippen molar-refractivity contribution in [1.82, 2.24) is 14.8 Å². The molecule has 2 aliphatic heterocycles. The molecule has 2 aliphatic rings. The van der Waals surface area contributed by atoms with Crippen molar-refractivity contribution in [3.05, 3.63) is 65.4 Å². The molecule has 1 saturated heterocycles. The van der Waals surface area contributed by atoms with Gasteiger partial charge in [0.15, 0.2) is 0 Å². The van der Waals surface area contributed by atoms with Crippen LogP contribution in [0.3, 0.4) is 0 Å². The van der Waals surface area contributed by atoms with E-state index in [0.717, 1.165) is 34.2 Å². The van der Waals surface area contributed by atoms with Gasteiger partial charge in [0.25, 0.3) is 0 Å². The number of aromatic amines is 1. The second-order valence-corrected chi connectivity index (χ2v) is 8.16. The lowest BCUT2D eigenvalue weighted by Gasteiger charge is -2.29. The Labute approximate surface area is 175 Å². The molecule has 1 unspecified atom stereocenters. The van der Waals surface area contributed by atoms with E-state index in [-0.39, 0.29) is 17.7 Å². The van der Waals surface area contributed by atoms with Crippen LogP contribution in [0.4, 0.5) is 0 Å². The number of methoxy groups -OCH3 is 1. The monoisotopic (exact) mass is 403 g/mol. The van der Waals surface area contributed by atoms with E-state index in [1.165, 1.54) is 5.69 Å². The number of rotatable bonds is 4. The predicted molar refractivity (Wildman–Crippen MR) is 114 cm³/mol. The third-order valence-corrected chi connectivity index (χ3v) is 6.27. The van der Waals surface area contributed by atoms with Crippen LogP contribution in [-0.2, 0) is 29.1 Å². The number of likely N-dealkylation sites (tertiary alicyclic amines) is 1. The molecular weight excluding hydrogens is 378 g/mol. The molecule has 1 fully saturated rings. The topological polar surface area (TPSA) is 65.6 Å². The zero-order valence-electron chi connectivity index (χ0n) is 17.1. The van der Waals surface area contributed by atoms with Gasteiger partial charge in [-0.1, -0.05) is 30.3 Å². The van der Waals surface area contributed by atoms with Crippen LogP contribution in [0.5, 0.6) is 5.75 Å². The number of hydrogen-bond acceptors (Lipinski definition) is 3. The second-order valence-electron chi connectivity index (χ2n) is 8.16. The number of H-pyrrole nitrogens is 1. The van der Waals surface area contributed by atoms with Crippen molar-refractivity contribution >= 4 is 22.7 Å². The number of nitrogens with one attached hydrogen (secondary N) is 1. The summed E-state index contributed by atoms with van der Waals surface area (Å²) in [5.41, 5.74) is 4.51. The molecule has 6 nitrogen and oxygen atoms in total. The average Bonchev–Trinajstić information content (AvgIpc) is 3.33. The molecule has 0 radical (unpaired) electrons. The molecule has 1 N–H and O–H groups in total. The van der Waals surface area contributed by atoms with Crippen LogP contribution in [0, 0.1) is 5.92 Å². The largest absolute Gasteiger partial charge is 0.497 e. The molecule has 1 atom stereocenters. The third kappa shape index (κ3) is 3.32. The van der Waals surface area contributed by atoms with Crippen LogP contribution in [0.1, 0.15) is 23.2 Å². The Morgan fingerprint density at radius 2 is 2.03 bits per heavy atom. The van der Waals surface area contributed by atoms with Gasteiger partial charge in [-0.3, -0.25) is 9.59 Å². The van der Waals surface area contributed by atoms with Crippen molar-refractivity contribution in [3.8, 4) is 5.75 Å². The van der Waals surface area contributed by atoms with Gasteiger partial charge in [0, 0.05) is 61.2 Å². The summed E-state index contributed by atoms with van der Waals surface area (Å²) in [4.78, 5) is 33.0. The van der Waals surface area contributed by atoms with Crippen LogP contribution in [0.25, 0.3) is 10.9 Å². The lowest BCUT2D eigenvalue weighted by atomic mass is 10.0. The average molecular weight is 403 g/mol. The van der Waals surface area contributed by atoms with E-state index in [4.69, 9.17) is 4.74 Å². The number of hydrogen-bond donors (Lipinski definition) is 1. The molecule has 0 saturated carbocycles. The minimum absolute atomic E-state index is 0.0618. The molecule has 0 spiro atoms. The van der Waals surface area contributed by atoms with Gasteiger partial charge in [0.1, 0.15) is 5.75 Å². The number of amides is 2. The Bertz CT molecular complexity index is 1110. The fraction of sp³-hybridized carbons (Fsp3) is 0.333.